The van der Waals surface area contributed by atoms with Gasteiger partial charge in [-0.05, 0) is 49.7 Å². The smallest absolute Gasteiger partial charge is 0.242 e. The Morgan fingerprint density at radius 3 is 2.42 bits per heavy atom. The maximum atomic E-state index is 13.6. The number of hydrogen-bond donors (Lipinski definition) is 2. The molecule has 0 aromatic heterocycles. The van der Waals surface area contributed by atoms with Crippen molar-refractivity contribution in [1.29, 1.82) is 0 Å². The molecule has 0 fully saturated rings. The SMILES string of the molecule is COc1ccc(S(=O)(=O)N[C@@H](C)C(=O)Nc2ccc(F)cc2F)cc1C. The summed E-state index contributed by atoms with van der Waals surface area (Å²) in [5.41, 5.74) is 0.364. The van der Waals surface area contributed by atoms with Gasteiger partial charge in [-0.2, -0.15) is 4.72 Å². The molecular formula is C17H18F2N2O4S. The van der Waals surface area contributed by atoms with Crippen molar-refractivity contribution < 1.29 is 26.7 Å². The molecule has 0 unspecified atom stereocenters. The van der Waals surface area contributed by atoms with Crippen LogP contribution in [0.15, 0.2) is 41.3 Å². The quantitative estimate of drug-likeness (QED) is 0.802. The van der Waals surface area contributed by atoms with Crippen molar-refractivity contribution in [3.8, 4) is 5.75 Å². The number of carbonyl (C=O) groups excluding carboxylic acids is 1. The third kappa shape index (κ3) is 4.55. The number of hydrogen-bond acceptors (Lipinski definition) is 4. The second-order valence-corrected chi connectivity index (χ2v) is 7.30. The monoisotopic (exact) mass is 384 g/mol. The zero-order valence-electron chi connectivity index (χ0n) is 14.3. The lowest BCUT2D eigenvalue weighted by molar-refractivity contribution is -0.117. The maximum Gasteiger partial charge on any atom is 0.242 e. The number of sulfonamides is 1. The number of nitrogens with one attached hydrogen (secondary N) is 2. The summed E-state index contributed by atoms with van der Waals surface area (Å²) in [5.74, 6) is -2.01. The second-order valence-electron chi connectivity index (χ2n) is 5.59. The topological polar surface area (TPSA) is 84.5 Å². The number of halogens is 2. The van der Waals surface area contributed by atoms with Crippen molar-refractivity contribution in [3.63, 3.8) is 0 Å². The molecule has 140 valence electrons. The van der Waals surface area contributed by atoms with E-state index in [1.165, 1.54) is 32.2 Å². The Labute approximate surface area is 150 Å². The van der Waals surface area contributed by atoms with Crippen molar-refractivity contribution >= 4 is 21.6 Å². The molecule has 0 aliphatic heterocycles. The summed E-state index contributed by atoms with van der Waals surface area (Å²) < 4.78 is 58.6. The number of methoxy groups -OCH3 is 1. The zero-order chi connectivity index (χ0) is 19.5. The highest BCUT2D eigenvalue weighted by molar-refractivity contribution is 7.89. The Bertz CT molecular complexity index is 932. The van der Waals surface area contributed by atoms with Gasteiger partial charge in [0.1, 0.15) is 17.4 Å². The predicted octanol–water partition coefficient (Wildman–Crippen LogP) is 2.59. The van der Waals surface area contributed by atoms with Gasteiger partial charge in [-0.1, -0.05) is 0 Å². The minimum absolute atomic E-state index is 0.0385. The van der Waals surface area contributed by atoms with Crippen LogP contribution < -0.4 is 14.8 Å². The molecule has 0 saturated carbocycles. The van der Waals surface area contributed by atoms with Gasteiger partial charge in [-0.15, -0.1) is 0 Å². The molecule has 26 heavy (non-hydrogen) atoms. The Morgan fingerprint density at radius 2 is 1.85 bits per heavy atom. The van der Waals surface area contributed by atoms with Crippen molar-refractivity contribution in [2.45, 2.75) is 24.8 Å². The lowest BCUT2D eigenvalue weighted by Gasteiger charge is -2.15. The van der Waals surface area contributed by atoms with Crippen molar-refractivity contribution in [1.82, 2.24) is 4.72 Å². The number of benzene rings is 2. The second kappa shape index (κ2) is 7.79. The van der Waals surface area contributed by atoms with E-state index in [1.807, 2.05) is 0 Å². The molecule has 2 rings (SSSR count). The van der Waals surface area contributed by atoms with Gasteiger partial charge in [0.2, 0.25) is 15.9 Å². The van der Waals surface area contributed by atoms with Crippen LogP contribution in [0, 0.1) is 18.6 Å². The van der Waals surface area contributed by atoms with Gasteiger partial charge in [0.05, 0.1) is 23.7 Å². The summed E-state index contributed by atoms with van der Waals surface area (Å²) in [7, 11) is -2.51. The summed E-state index contributed by atoms with van der Waals surface area (Å²) in [6.07, 6.45) is 0. The summed E-state index contributed by atoms with van der Waals surface area (Å²) in [6, 6.07) is 5.72. The van der Waals surface area contributed by atoms with E-state index in [9.17, 15) is 22.0 Å². The summed E-state index contributed by atoms with van der Waals surface area (Å²) in [5, 5.41) is 2.21. The van der Waals surface area contributed by atoms with E-state index in [1.54, 1.807) is 6.92 Å². The highest BCUT2D eigenvalue weighted by Gasteiger charge is 2.23. The summed E-state index contributed by atoms with van der Waals surface area (Å²) in [6.45, 7) is 3.00. The average molecular weight is 384 g/mol. The Morgan fingerprint density at radius 1 is 1.15 bits per heavy atom. The number of amides is 1. The van der Waals surface area contributed by atoms with Gasteiger partial charge in [-0.25, -0.2) is 17.2 Å². The maximum absolute atomic E-state index is 13.6. The van der Waals surface area contributed by atoms with E-state index in [2.05, 4.69) is 10.0 Å². The molecule has 2 N–H and O–H groups in total. The highest BCUT2D eigenvalue weighted by Crippen LogP contribution is 2.21. The van der Waals surface area contributed by atoms with Gasteiger partial charge in [0.25, 0.3) is 0 Å². The molecule has 2 aromatic carbocycles. The number of rotatable bonds is 6. The van der Waals surface area contributed by atoms with Crippen LogP contribution in [0.5, 0.6) is 5.75 Å². The summed E-state index contributed by atoms with van der Waals surface area (Å²) >= 11 is 0. The molecule has 0 radical (unpaired) electrons. The molecule has 1 amide bonds. The number of aryl methyl sites for hydroxylation is 1. The first-order valence-corrected chi connectivity index (χ1v) is 9.05. The first-order valence-electron chi connectivity index (χ1n) is 7.57. The lowest BCUT2D eigenvalue weighted by atomic mass is 10.2. The predicted molar refractivity (Wildman–Crippen MR) is 92.5 cm³/mol. The van der Waals surface area contributed by atoms with E-state index in [-0.39, 0.29) is 10.6 Å². The largest absolute Gasteiger partial charge is 0.496 e. The minimum atomic E-state index is -3.98. The Balaban J connectivity index is 2.13. The fourth-order valence-electron chi connectivity index (χ4n) is 2.20. The van der Waals surface area contributed by atoms with E-state index in [0.29, 0.717) is 17.4 Å². The molecule has 0 aliphatic carbocycles. The van der Waals surface area contributed by atoms with Gasteiger partial charge in [0.15, 0.2) is 0 Å². The fourth-order valence-corrected chi connectivity index (χ4v) is 3.49. The van der Waals surface area contributed by atoms with Crippen LogP contribution in [0.1, 0.15) is 12.5 Å². The molecule has 0 heterocycles. The third-order valence-electron chi connectivity index (χ3n) is 3.59. The van der Waals surface area contributed by atoms with Crippen LogP contribution in [-0.4, -0.2) is 27.5 Å². The molecule has 0 spiro atoms. The fraction of sp³-hybridized carbons (Fsp3) is 0.235. The van der Waals surface area contributed by atoms with Crippen LogP contribution in [0.4, 0.5) is 14.5 Å². The zero-order valence-corrected chi connectivity index (χ0v) is 15.2. The standard InChI is InChI=1S/C17H18F2N2O4S/c1-10-8-13(5-7-16(10)25-3)26(23,24)21-11(2)17(22)20-15-6-4-12(18)9-14(15)19/h4-9,11,21H,1-3H3,(H,20,22)/t11-/m0/s1. The Hall–Kier alpha value is -2.52. The average Bonchev–Trinajstić information content (AvgIpc) is 2.56. The number of anilines is 1. The summed E-state index contributed by atoms with van der Waals surface area (Å²) in [4.78, 5) is 12.1. The van der Waals surface area contributed by atoms with Crippen molar-refractivity contribution in [2.24, 2.45) is 0 Å². The van der Waals surface area contributed by atoms with Gasteiger partial charge in [-0.3, -0.25) is 4.79 Å². The lowest BCUT2D eigenvalue weighted by Crippen LogP contribution is -2.41. The van der Waals surface area contributed by atoms with Crippen molar-refractivity contribution in [2.75, 3.05) is 12.4 Å². The first-order chi connectivity index (χ1) is 12.1. The van der Waals surface area contributed by atoms with Gasteiger partial charge in [0, 0.05) is 6.07 Å². The number of carbonyl (C=O) groups is 1. The normalized spacial score (nSPS) is 12.5. The van der Waals surface area contributed by atoms with Crippen LogP contribution in [0.3, 0.4) is 0 Å². The Kier molecular flexibility index (Phi) is 5.94. The molecule has 9 heteroatoms. The molecule has 2 aromatic rings. The van der Waals surface area contributed by atoms with E-state index >= 15 is 0 Å². The van der Waals surface area contributed by atoms with Crippen LogP contribution >= 0.6 is 0 Å². The first kappa shape index (κ1) is 19.8. The van der Waals surface area contributed by atoms with Crippen LogP contribution in [0.2, 0.25) is 0 Å². The van der Waals surface area contributed by atoms with E-state index in [0.717, 1.165) is 12.1 Å². The molecule has 1 atom stereocenters. The van der Waals surface area contributed by atoms with E-state index < -0.39 is 33.6 Å². The molecular weight excluding hydrogens is 366 g/mol. The van der Waals surface area contributed by atoms with E-state index in [4.69, 9.17) is 4.74 Å². The van der Waals surface area contributed by atoms with Crippen LogP contribution in [-0.2, 0) is 14.8 Å². The van der Waals surface area contributed by atoms with Gasteiger partial charge >= 0.3 is 0 Å². The highest BCUT2D eigenvalue weighted by atomic mass is 32.2. The third-order valence-corrected chi connectivity index (χ3v) is 5.13. The molecule has 0 aliphatic rings. The van der Waals surface area contributed by atoms with Gasteiger partial charge < -0.3 is 10.1 Å². The van der Waals surface area contributed by atoms with Crippen LogP contribution in [0.25, 0.3) is 0 Å². The number of ether oxygens (including phenoxy) is 1. The molecule has 0 bridgehead atoms. The molecule has 6 nitrogen and oxygen atoms in total. The molecule has 0 saturated heterocycles. The minimum Gasteiger partial charge on any atom is -0.496 e. The van der Waals surface area contributed by atoms with Crippen molar-refractivity contribution in [3.05, 3.63) is 53.6 Å².